The van der Waals surface area contributed by atoms with Crippen molar-refractivity contribution in [3.05, 3.63) is 57.6 Å². The van der Waals surface area contributed by atoms with Gasteiger partial charge in [-0.05, 0) is 49.2 Å². The van der Waals surface area contributed by atoms with Crippen molar-refractivity contribution in [2.45, 2.75) is 13.8 Å². The second-order valence-corrected chi connectivity index (χ2v) is 5.65. The fourth-order valence-electron chi connectivity index (χ4n) is 1.72. The van der Waals surface area contributed by atoms with Crippen LogP contribution in [0.4, 0.5) is 11.4 Å². The van der Waals surface area contributed by atoms with Crippen molar-refractivity contribution in [2.24, 2.45) is 0 Å². The summed E-state index contributed by atoms with van der Waals surface area (Å²) in [5.74, 6) is -1.56. The van der Waals surface area contributed by atoms with Crippen molar-refractivity contribution in [1.82, 2.24) is 0 Å². The summed E-state index contributed by atoms with van der Waals surface area (Å²) in [7, 11) is 0. The summed E-state index contributed by atoms with van der Waals surface area (Å²) in [6.45, 7) is 3.70. The van der Waals surface area contributed by atoms with Crippen molar-refractivity contribution in [2.75, 3.05) is 10.6 Å². The first kappa shape index (κ1) is 16.3. The molecule has 0 spiro atoms. The minimum Gasteiger partial charge on any atom is -0.318 e. The van der Waals surface area contributed by atoms with E-state index in [1.54, 1.807) is 36.4 Å². The maximum Gasteiger partial charge on any atom is 0.314 e. The van der Waals surface area contributed by atoms with E-state index in [0.717, 1.165) is 11.1 Å². The van der Waals surface area contributed by atoms with E-state index in [-0.39, 0.29) is 0 Å². The van der Waals surface area contributed by atoms with E-state index >= 15 is 0 Å². The van der Waals surface area contributed by atoms with Crippen LogP contribution in [0.5, 0.6) is 0 Å². The summed E-state index contributed by atoms with van der Waals surface area (Å²) in [5, 5.41) is 6.01. The molecule has 0 saturated carbocycles. The van der Waals surface area contributed by atoms with Gasteiger partial charge in [0.15, 0.2) is 0 Å². The molecule has 0 aliphatic carbocycles. The zero-order valence-corrected chi connectivity index (χ0v) is 13.5. The maximum atomic E-state index is 11.9. The zero-order chi connectivity index (χ0) is 16.3. The van der Waals surface area contributed by atoms with E-state index in [2.05, 4.69) is 10.6 Å². The average molecular weight is 337 g/mol. The lowest BCUT2D eigenvalue weighted by molar-refractivity contribution is -0.132. The fraction of sp³-hybridized carbons (Fsp3) is 0.125. The predicted octanol–water partition coefficient (Wildman–Crippen LogP) is 4.19. The molecule has 0 saturated heterocycles. The first-order chi connectivity index (χ1) is 10.4. The molecule has 0 unspecified atom stereocenters. The van der Waals surface area contributed by atoms with Gasteiger partial charge in [-0.25, -0.2) is 0 Å². The quantitative estimate of drug-likeness (QED) is 0.808. The molecule has 114 valence electrons. The van der Waals surface area contributed by atoms with Gasteiger partial charge < -0.3 is 10.6 Å². The number of rotatable bonds is 2. The Labute approximate surface area is 138 Å². The molecule has 0 aliphatic rings. The highest BCUT2D eigenvalue weighted by atomic mass is 35.5. The number of benzene rings is 2. The molecule has 6 heteroatoms. The minimum atomic E-state index is -0.781. The summed E-state index contributed by atoms with van der Waals surface area (Å²) in [4.78, 5) is 23.7. The van der Waals surface area contributed by atoms with Gasteiger partial charge in [0, 0.05) is 21.4 Å². The molecule has 2 aromatic rings. The standard InChI is InChI=1S/C16H14Cl2N2O2/c1-9-3-5-11(7-13(9)17)19-15(21)16(22)20-12-6-4-10(2)14(18)8-12/h3-8H,1-2H3,(H,19,21)(H,20,22). The van der Waals surface area contributed by atoms with Crippen LogP contribution >= 0.6 is 23.2 Å². The molecule has 2 amide bonds. The number of hydrogen-bond acceptors (Lipinski definition) is 2. The topological polar surface area (TPSA) is 58.2 Å². The summed E-state index contributed by atoms with van der Waals surface area (Å²) >= 11 is 11.9. The second-order valence-electron chi connectivity index (χ2n) is 4.84. The predicted molar refractivity (Wildman–Crippen MR) is 89.6 cm³/mol. The van der Waals surface area contributed by atoms with Gasteiger partial charge in [0.2, 0.25) is 0 Å². The SMILES string of the molecule is Cc1ccc(NC(=O)C(=O)Nc2ccc(C)c(Cl)c2)cc1Cl. The molecule has 22 heavy (non-hydrogen) atoms. The fourth-order valence-corrected chi connectivity index (χ4v) is 2.08. The van der Waals surface area contributed by atoms with Gasteiger partial charge in [0.1, 0.15) is 0 Å². The van der Waals surface area contributed by atoms with Crippen LogP contribution in [0, 0.1) is 13.8 Å². The van der Waals surface area contributed by atoms with Crippen molar-refractivity contribution < 1.29 is 9.59 Å². The lowest BCUT2D eigenvalue weighted by Crippen LogP contribution is -2.29. The number of amides is 2. The molecule has 0 fully saturated rings. The average Bonchev–Trinajstić information content (AvgIpc) is 2.46. The molecule has 2 rings (SSSR count). The largest absolute Gasteiger partial charge is 0.318 e. The van der Waals surface area contributed by atoms with Crippen LogP contribution in [0.2, 0.25) is 10.0 Å². The smallest absolute Gasteiger partial charge is 0.314 e. The Kier molecular flexibility index (Phi) is 5.06. The van der Waals surface area contributed by atoms with Crippen LogP contribution in [0.15, 0.2) is 36.4 Å². The molecule has 0 bridgehead atoms. The highest BCUT2D eigenvalue weighted by Crippen LogP contribution is 2.21. The third-order valence-corrected chi connectivity index (χ3v) is 3.88. The zero-order valence-electron chi connectivity index (χ0n) is 12.0. The van der Waals surface area contributed by atoms with Crippen molar-refractivity contribution in [1.29, 1.82) is 0 Å². The van der Waals surface area contributed by atoms with Crippen molar-refractivity contribution in [3.8, 4) is 0 Å². The van der Waals surface area contributed by atoms with Crippen LogP contribution in [0.1, 0.15) is 11.1 Å². The first-order valence-electron chi connectivity index (χ1n) is 6.51. The van der Waals surface area contributed by atoms with E-state index in [9.17, 15) is 9.59 Å². The lowest BCUT2D eigenvalue weighted by Gasteiger charge is -2.08. The van der Waals surface area contributed by atoms with Crippen LogP contribution in [-0.4, -0.2) is 11.8 Å². The highest BCUT2D eigenvalue weighted by molar-refractivity contribution is 6.44. The summed E-state index contributed by atoms with van der Waals surface area (Å²) in [5.41, 5.74) is 2.69. The number of anilines is 2. The number of halogens is 2. The van der Waals surface area contributed by atoms with Crippen LogP contribution in [0.3, 0.4) is 0 Å². The number of carbonyl (C=O) groups is 2. The maximum absolute atomic E-state index is 11.9. The minimum absolute atomic E-state index is 0.456. The Bertz CT molecular complexity index is 681. The van der Waals surface area contributed by atoms with Crippen molar-refractivity contribution >= 4 is 46.4 Å². The number of hydrogen-bond donors (Lipinski definition) is 2. The number of carbonyl (C=O) groups excluding carboxylic acids is 2. The Morgan fingerprint density at radius 3 is 1.45 bits per heavy atom. The lowest BCUT2D eigenvalue weighted by atomic mass is 10.2. The normalized spacial score (nSPS) is 10.2. The second kappa shape index (κ2) is 6.81. The Morgan fingerprint density at radius 2 is 1.14 bits per heavy atom. The van der Waals surface area contributed by atoms with Gasteiger partial charge in [0.25, 0.3) is 0 Å². The third kappa shape index (κ3) is 4.00. The van der Waals surface area contributed by atoms with Gasteiger partial charge in [-0.3, -0.25) is 9.59 Å². The molecule has 0 aliphatic heterocycles. The third-order valence-electron chi connectivity index (χ3n) is 3.07. The molecule has 0 radical (unpaired) electrons. The summed E-state index contributed by atoms with van der Waals surface area (Å²) in [6.07, 6.45) is 0. The molecule has 2 N–H and O–H groups in total. The molecule has 0 aromatic heterocycles. The van der Waals surface area contributed by atoms with Crippen LogP contribution in [-0.2, 0) is 9.59 Å². The van der Waals surface area contributed by atoms with E-state index in [0.29, 0.717) is 21.4 Å². The Hall–Kier alpha value is -2.04. The van der Waals surface area contributed by atoms with Gasteiger partial charge in [-0.1, -0.05) is 35.3 Å². The van der Waals surface area contributed by atoms with Crippen molar-refractivity contribution in [3.63, 3.8) is 0 Å². The highest BCUT2D eigenvalue weighted by Gasteiger charge is 2.14. The number of aryl methyl sites for hydroxylation is 2. The van der Waals surface area contributed by atoms with Gasteiger partial charge in [-0.2, -0.15) is 0 Å². The monoisotopic (exact) mass is 336 g/mol. The Morgan fingerprint density at radius 1 is 0.773 bits per heavy atom. The van der Waals surface area contributed by atoms with E-state index in [1.807, 2.05) is 13.8 Å². The van der Waals surface area contributed by atoms with Crippen LogP contribution in [0.25, 0.3) is 0 Å². The molecule has 0 heterocycles. The molecule has 0 atom stereocenters. The van der Waals surface area contributed by atoms with Gasteiger partial charge >= 0.3 is 11.8 Å². The summed E-state index contributed by atoms with van der Waals surface area (Å²) < 4.78 is 0. The van der Waals surface area contributed by atoms with E-state index in [4.69, 9.17) is 23.2 Å². The molecular weight excluding hydrogens is 323 g/mol. The van der Waals surface area contributed by atoms with E-state index < -0.39 is 11.8 Å². The Balaban J connectivity index is 2.04. The molecule has 4 nitrogen and oxygen atoms in total. The van der Waals surface area contributed by atoms with Gasteiger partial charge in [0.05, 0.1) is 0 Å². The van der Waals surface area contributed by atoms with Gasteiger partial charge in [-0.15, -0.1) is 0 Å². The van der Waals surface area contributed by atoms with Crippen LogP contribution < -0.4 is 10.6 Å². The summed E-state index contributed by atoms with van der Waals surface area (Å²) in [6, 6.07) is 10.0. The first-order valence-corrected chi connectivity index (χ1v) is 7.27. The number of nitrogens with one attached hydrogen (secondary N) is 2. The molecule has 2 aromatic carbocycles. The molecular formula is C16H14Cl2N2O2. The van der Waals surface area contributed by atoms with E-state index in [1.165, 1.54) is 0 Å².